The molecule has 1 N–H and O–H groups in total. The second kappa shape index (κ2) is 9.39. The lowest BCUT2D eigenvalue weighted by Gasteiger charge is -2.17. The van der Waals surface area contributed by atoms with Gasteiger partial charge in [0.15, 0.2) is 0 Å². The normalized spacial score (nSPS) is 16.0. The zero-order valence-corrected chi connectivity index (χ0v) is 18.6. The number of rotatable bonds is 7. The van der Waals surface area contributed by atoms with E-state index in [0.717, 1.165) is 35.5 Å². The van der Waals surface area contributed by atoms with E-state index in [1.165, 1.54) is 22.5 Å². The molecule has 7 heteroatoms. The minimum Gasteiger partial charge on any atom is -0.312 e. The van der Waals surface area contributed by atoms with Crippen LogP contribution in [-0.4, -0.2) is 28.6 Å². The second-order valence-electron chi connectivity index (χ2n) is 8.00. The number of benzene rings is 2. The van der Waals surface area contributed by atoms with Gasteiger partial charge in [-0.25, -0.2) is 0 Å². The SMILES string of the molecule is Cc1ccc(N2CC(C(=O)Nc3nnc(CCCc4ccccc4)s3)CC2=O)cc1C. The standard InChI is InChI=1S/C24H26N4O2S/c1-16-11-12-20(13-17(16)2)28-15-19(14-22(28)29)23(30)25-24-27-26-21(31-24)10-6-9-18-7-4-3-5-8-18/h3-5,7-8,11-13,19H,6,9-10,14-15H2,1-2H3,(H,25,27,30). The maximum atomic E-state index is 12.7. The Morgan fingerprint density at radius 3 is 2.68 bits per heavy atom. The van der Waals surface area contributed by atoms with Gasteiger partial charge in [-0.3, -0.25) is 9.59 Å². The Kier molecular flexibility index (Phi) is 6.42. The van der Waals surface area contributed by atoms with E-state index in [1.54, 1.807) is 4.90 Å². The average molecular weight is 435 g/mol. The highest BCUT2D eigenvalue weighted by atomic mass is 32.1. The Morgan fingerprint density at radius 2 is 1.90 bits per heavy atom. The van der Waals surface area contributed by atoms with Crippen LogP contribution in [-0.2, 0) is 22.4 Å². The molecule has 1 fully saturated rings. The number of anilines is 2. The van der Waals surface area contributed by atoms with Crippen molar-refractivity contribution in [2.24, 2.45) is 5.92 Å². The molecule has 4 rings (SSSR count). The van der Waals surface area contributed by atoms with Crippen LogP contribution in [0.4, 0.5) is 10.8 Å². The van der Waals surface area contributed by atoms with E-state index in [4.69, 9.17) is 0 Å². The number of amides is 2. The molecular formula is C24H26N4O2S. The van der Waals surface area contributed by atoms with Crippen molar-refractivity contribution < 1.29 is 9.59 Å². The third-order valence-corrected chi connectivity index (χ3v) is 6.59. The third-order valence-electron chi connectivity index (χ3n) is 5.69. The summed E-state index contributed by atoms with van der Waals surface area (Å²) in [5.41, 5.74) is 4.46. The van der Waals surface area contributed by atoms with Gasteiger partial charge in [0.25, 0.3) is 0 Å². The molecule has 0 bridgehead atoms. The molecule has 2 amide bonds. The number of aryl methyl sites for hydroxylation is 4. The maximum Gasteiger partial charge on any atom is 0.231 e. The molecule has 1 aliphatic rings. The number of carbonyl (C=O) groups is 2. The molecule has 0 spiro atoms. The van der Waals surface area contributed by atoms with Crippen LogP contribution < -0.4 is 10.2 Å². The first-order valence-electron chi connectivity index (χ1n) is 10.5. The fraction of sp³-hybridized carbons (Fsp3) is 0.333. The van der Waals surface area contributed by atoms with E-state index < -0.39 is 0 Å². The smallest absolute Gasteiger partial charge is 0.231 e. The first-order chi connectivity index (χ1) is 15.0. The first-order valence-corrected chi connectivity index (χ1v) is 11.4. The Hall–Kier alpha value is -3.06. The molecule has 2 aromatic carbocycles. The molecule has 1 atom stereocenters. The van der Waals surface area contributed by atoms with Crippen molar-refractivity contribution in [3.05, 3.63) is 70.2 Å². The summed E-state index contributed by atoms with van der Waals surface area (Å²) in [5.74, 6) is -0.589. The van der Waals surface area contributed by atoms with Crippen molar-refractivity contribution >= 4 is 34.0 Å². The van der Waals surface area contributed by atoms with Gasteiger partial charge in [0.1, 0.15) is 5.01 Å². The van der Waals surface area contributed by atoms with E-state index in [-0.39, 0.29) is 24.2 Å². The number of aromatic nitrogens is 2. The Bertz CT molecular complexity index is 1080. The fourth-order valence-electron chi connectivity index (χ4n) is 3.73. The number of nitrogens with one attached hydrogen (secondary N) is 1. The Labute approximate surface area is 186 Å². The highest BCUT2D eigenvalue weighted by Crippen LogP contribution is 2.28. The summed E-state index contributed by atoms with van der Waals surface area (Å²) in [6, 6.07) is 16.3. The molecule has 1 unspecified atom stereocenters. The molecule has 2 heterocycles. The Balaban J connectivity index is 1.30. The molecular weight excluding hydrogens is 408 g/mol. The van der Waals surface area contributed by atoms with Gasteiger partial charge in [0.05, 0.1) is 5.92 Å². The summed E-state index contributed by atoms with van der Waals surface area (Å²) in [7, 11) is 0. The molecule has 160 valence electrons. The number of carbonyl (C=O) groups excluding carboxylic acids is 2. The van der Waals surface area contributed by atoms with Crippen molar-refractivity contribution in [3.8, 4) is 0 Å². The van der Waals surface area contributed by atoms with Crippen LogP contribution in [0.1, 0.15) is 34.5 Å². The van der Waals surface area contributed by atoms with Gasteiger partial charge >= 0.3 is 0 Å². The van der Waals surface area contributed by atoms with E-state index in [9.17, 15) is 9.59 Å². The van der Waals surface area contributed by atoms with Gasteiger partial charge in [-0.1, -0.05) is 47.7 Å². The van der Waals surface area contributed by atoms with Gasteiger partial charge in [0, 0.05) is 25.1 Å². The molecule has 0 radical (unpaired) electrons. The van der Waals surface area contributed by atoms with Gasteiger partial charge in [-0.05, 0) is 55.5 Å². The van der Waals surface area contributed by atoms with E-state index >= 15 is 0 Å². The molecule has 0 aliphatic carbocycles. The maximum absolute atomic E-state index is 12.7. The predicted molar refractivity (Wildman–Crippen MR) is 123 cm³/mol. The topological polar surface area (TPSA) is 75.2 Å². The summed E-state index contributed by atoms with van der Waals surface area (Å²) < 4.78 is 0. The highest BCUT2D eigenvalue weighted by molar-refractivity contribution is 7.15. The molecule has 6 nitrogen and oxygen atoms in total. The summed E-state index contributed by atoms with van der Waals surface area (Å²) in [6.07, 6.45) is 3.00. The molecule has 1 saturated heterocycles. The van der Waals surface area contributed by atoms with Crippen LogP contribution in [0, 0.1) is 19.8 Å². The lowest BCUT2D eigenvalue weighted by Crippen LogP contribution is -2.28. The van der Waals surface area contributed by atoms with Crippen molar-refractivity contribution in [3.63, 3.8) is 0 Å². The molecule has 1 aromatic heterocycles. The second-order valence-corrected chi connectivity index (χ2v) is 9.07. The minimum absolute atomic E-state index is 0.0257. The minimum atomic E-state index is -0.389. The van der Waals surface area contributed by atoms with Crippen LogP contribution in [0.15, 0.2) is 48.5 Å². The van der Waals surface area contributed by atoms with Crippen LogP contribution in [0.2, 0.25) is 0 Å². The quantitative estimate of drug-likeness (QED) is 0.601. The number of hydrogen-bond donors (Lipinski definition) is 1. The van der Waals surface area contributed by atoms with Crippen molar-refractivity contribution in [2.75, 3.05) is 16.8 Å². The number of hydrogen-bond acceptors (Lipinski definition) is 5. The van der Waals surface area contributed by atoms with Crippen LogP contribution in [0.25, 0.3) is 0 Å². The van der Waals surface area contributed by atoms with Crippen LogP contribution in [0.5, 0.6) is 0 Å². The third kappa shape index (κ3) is 5.17. The van der Waals surface area contributed by atoms with Crippen molar-refractivity contribution in [2.45, 2.75) is 39.5 Å². The molecule has 0 saturated carbocycles. The van der Waals surface area contributed by atoms with Crippen molar-refractivity contribution in [1.29, 1.82) is 0 Å². The molecule has 3 aromatic rings. The van der Waals surface area contributed by atoms with E-state index in [1.807, 2.05) is 50.2 Å². The van der Waals surface area contributed by atoms with Gasteiger partial charge in [-0.15, -0.1) is 10.2 Å². The largest absolute Gasteiger partial charge is 0.312 e. The predicted octanol–water partition coefficient (Wildman–Crippen LogP) is 4.32. The molecule has 31 heavy (non-hydrogen) atoms. The molecule has 1 aliphatic heterocycles. The zero-order chi connectivity index (χ0) is 21.8. The first kappa shape index (κ1) is 21.2. The number of nitrogens with zero attached hydrogens (tertiary/aromatic N) is 3. The lowest BCUT2D eigenvalue weighted by atomic mass is 10.1. The van der Waals surface area contributed by atoms with E-state index in [2.05, 4.69) is 27.6 Å². The lowest BCUT2D eigenvalue weighted by molar-refractivity contribution is -0.122. The zero-order valence-electron chi connectivity index (χ0n) is 17.8. The van der Waals surface area contributed by atoms with Crippen LogP contribution in [0.3, 0.4) is 0 Å². The average Bonchev–Trinajstić information content (AvgIpc) is 3.37. The van der Waals surface area contributed by atoms with Crippen molar-refractivity contribution in [1.82, 2.24) is 10.2 Å². The summed E-state index contributed by atoms with van der Waals surface area (Å²) in [5, 5.41) is 12.6. The van der Waals surface area contributed by atoms with Crippen LogP contribution >= 0.6 is 11.3 Å². The fourth-order valence-corrected chi connectivity index (χ4v) is 4.51. The highest BCUT2D eigenvalue weighted by Gasteiger charge is 2.35. The summed E-state index contributed by atoms with van der Waals surface area (Å²) in [4.78, 5) is 26.9. The van der Waals surface area contributed by atoms with Gasteiger partial charge < -0.3 is 10.2 Å². The summed E-state index contributed by atoms with van der Waals surface area (Å²) >= 11 is 1.40. The monoisotopic (exact) mass is 434 g/mol. The summed E-state index contributed by atoms with van der Waals surface area (Å²) in [6.45, 7) is 4.45. The Morgan fingerprint density at radius 1 is 1.10 bits per heavy atom. The van der Waals surface area contributed by atoms with Gasteiger partial charge in [0.2, 0.25) is 16.9 Å². The van der Waals surface area contributed by atoms with Gasteiger partial charge in [-0.2, -0.15) is 0 Å². The van der Waals surface area contributed by atoms with E-state index in [0.29, 0.717) is 11.7 Å².